The molecule has 0 radical (unpaired) electrons. The van der Waals surface area contributed by atoms with Crippen LogP contribution in [0.25, 0.3) is 0 Å². The summed E-state index contributed by atoms with van der Waals surface area (Å²) in [7, 11) is 0. The Labute approximate surface area is 124 Å². The third-order valence-electron chi connectivity index (χ3n) is 2.87. The van der Waals surface area contributed by atoms with Gasteiger partial charge in [0, 0.05) is 23.0 Å². The maximum absolute atomic E-state index is 11.9. The maximum Gasteiger partial charge on any atom is 0.227 e. The Morgan fingerprint density at radius 2 is 2.00 bits per heavy atom. The lowest BCUT2D eigenvalue weighted by Gasteiger charge is -2.20. The molecule has 1 aromatic rings. The van der Waals surface area contributed by atoms with E-state index in [4.69, 9.17) is 0 Å². The number of nitrogens with one attached hydrogen (secondary N) is 2. The van der Waals surface area contributed by atoms with Gasteiger partial charge in [0.1, 0.15) is 0 Å². The molecule has 0 aliphatic carbocycles. The predicted molar refractivity (Wildman–Crippen MR) is 76.9 cm³/mol. The van der Waals surface area contributed by atoms with Crippen molar-refractivity contribution in [1.29, 1.82) is 0 Å². The van der Waals surface area contributed by atoms with Crippen molar-refractivity contribution in [2.24, 2.45) is 5.92 Å². The van der Waals surface area contributed by atoms with Crippen LogP contribution in [-0.2, 0) is 20.9 Å². The van der Waals surface area contributed by atoms with E-state index in [0.717, 1.165) is 9.13 Å². The minimum Gasteiger partial charge on any atom is -0.352 e. The van der Waals surface area contributed by atoms with E-state index in [-0.39, 0.29) is 30.6 Å². The first-order valence-corrected chi connectivity index (χ1v) is 6.97. The van der Waals surface area contributed by atoms with Crippen molar-refractivity contribution in [2.45, 2.75) is 19.4 Å². The first-order chi connectivity index (χ1) is 9.04. The van der Waals surface area contributed by atoms with Crippen LogP contribution in [0.5, 0.6) is 0 Å². The van der Waals surface area contributed by atoms with Crippen LogP contribution in [0.3, 0.4) is 0 Å². The molecule has 1 aromatic carbocycles. The summed E-state index contributed by atoms with van der Waals surface area (Å²) in [5.74, 6) is -1.57. The number of carbonyl (C=O) groups excluding carboxylic acids is 3. The van der Waals surface area contributed by atoms with Gasteiger partial charge in [0.2, 0.25) is 17.7 Å². The molecule has 0 saturated carbocycles. The second-order valence-electron chi connectivity index (χ2n) is 4.42. The molecule has 100 valence electrons. The van der Waals surface area contributed by atoms with Crippen LogP contribution in [0.1, 0.15) is 18.4 Å². The smallest absolute Gasteiger partial charge is 0.227 e. The zero-order valence-corrected chi connectivity index (χ0v) is 12.3. The zero-order valence-electron chi connectivity index (χ0n) is 10.1. The fraction of sp³-hybridized carbons (Fsp3) is 0.308. The molecule has 1 fully saturated rings. The third kappa shape index (κ3) is 4.02. The normalized spacial score (nSPS) is 16.1. The number of halogens is 1. The molecule has 0 atom stereocenters. The summed E-state index contributed by atoms with van der Waals surface area (Å²) in [6.07, 6.45) is 0.147. The Hall–Kier alpha value is -1.44. The van der Waals surface area contributed by atoms with Gasteiger partial charge < -0.3 is 5.32 Å². The van der Waals surface area contributed by atoms with Crippen LogP contribution in [0.15, 0.2) is 24.3 Å². The molecule has 6 heteroatoms. The van der Waals surface area contributed by atoms with Crippen molar-refractivity contribution >= 4 is 40.3 Å². The first-order valence-electron chi connectivity index (χ1n) is 5.89. The van der Waals surface area contributed by atoms with Gasteiger partial charge in [-0.15, -0.1) is 0 Å². The molecule has 19 heavy (non-hydrogen) atoms. The molecule has 1 aliphatic heterocycles. The molecule has 1 aliphatic rings. The van der Waals surface area contributed by atoms with Gasteiger partial charge in [-0.25, -0.2) is 0 Å². The van der Waals surface area contributed by atoms with E-state index in [1.807, 2.05) is 24.3 Å². The van der Waals surface area contributed by atoms with E-state index >= 15 is 0 Å². The number of amides is 3. The summed E-state index contributed by atoms with van der Waals surface area (Å²) < 4.78 is 1.09. The third-order valence-corrected chi connectivity index (χ3v) is 3.54. The number of piperidine rings is 1. The lowest BCUT2D eigenvalue weighted by atomic mass is 9.96. The Morgan fingerprint density at radius 3 is 2.63 bits per heavy atom. The topological polar surface area (TPSA) is 75.3 Å². The Kier molecular flexibility index (Phi) is 4.52. The van der Waals surface area contributed by atoms with Crippen molar-refractivity contribution in [3.05, 3.63) is 33.4 Å². The van der Waals surface area contributed by atoms with Crippen LogP contribution in [0.2, 0.25) is 0 Å². The zero-order chi connectivity index (χ0) is 13.8. The van der Waals surface area contributed by atoms with Crippen LogP contribution >= 0.6 is 22.6 Å². The molecule has 2 rings (SSSR count). The Morgan fingerprint density at radius 1 is 1.32 bits per heavy atom. The lowest BCUT2D eigenvalue weighted by molar-refractivity contribution is -0.140. The van der Waals surface area contributed by atoms with Gasteiger partial charge in [0.15, 0.2) is 0 Å². The number of carbonyl (C=O) groups is 3. The van der Waals surface area contributed by atoms with Crippen LogP contribution in [0, 0.1) is 9.49 Å². The number of hydrogen-bond acceptors (Lipinski definition) is 3. The molecule has 0 aromatic heterocycles. The van der Waals surface area contributed by atoms with E-state index in [1.54, 1.807) is 0 Å². The molecule has 3 amide bonds. The standard InChI is InChI=1S/C13H13IN2O3/c14-10-3-1-2-8(4-10)7-15-13(19)9-5-11(17)16-12(18)6-9/h1-4,9H,5-7H2,(H,15,19)(H,16,17,18). The van der Waals surface area contributed by atoms with E-state index in [2.05, 4.69) is 33.2 Å². The average molecular weight is 372 g/mol. The summed E-state index contributed by atoms with van der Waals surface area (Å²) in [6.45, 7) is 0.405. The van der Waals surface area contributed by atoms with Crippen LogP contribution in [0.4, 0.5) is 0 Å². The maximum atomic E-state index is 11.9. The average Bonchev–Trinajstić information content (AvgIpc) is 2.35. The second-order valence-corrected chi connectivity index (χ2v) is 5.67. The van der Waals surface area contributed by atoms with Crippen LogP contribution in [-0.4, -0.2) is 17.7 Å². The molecule has 0 unspecified atom stereocenters. The highest BCUT2D eigenvalue weighted by Crippen LogP contribution is 2.14. The fourth-order valence-corrected chi connectivity index (χ4v) is 2.55. The molecular weight excluding hydrogens is 359 g/mol. The van der Waals surface area contributed by atoms with Gasteiger partial charge in [-0.1, -0.05) is 12.1 Å². The summed E-state index contributed by atoms with van der Waals surface area (Å²) in [5.41, 5.74) is 0.992. The SMILES string of the molecule is O=C1CC(C(=O)NCc2cccc(I)c2)CC(=O)N1. The highest BCUT2D eigenvalue weighted by atomic mass is 127. The number of rotatable bonds is 3. The van der Waals surface area contributed by atoms with E-state index in [0.29, 0.717) is 6.54 Å². The molecule has 1 heterocycles. The molecule has 5 nitrogen and oxygen atoms in total. The number of hydrogen-bond donors (Lipinski definition) is 2. The first kappa shape index (κ1) is 14.0. The summed E-state index contributed by atoms with van der Waals surface area (Å²) >= 11 is 2.20. The van der Waals surface area contributed by atoms with Crippen molar-refractivity contribution in [3.8, 4) is 0 Å². The Balaban J connectivity index is 1.90. The summed E-state index contributed by atoms with van der Waals surface area (Å²) in [5, 5.41) is 4.95. The van der Waals surface area contributed by atoms with Gasteiger partial charge in [-0.3, -0.25) is 19.7 Å². The monoisotopic (exact) mass is 372 g/mol. The second kappa shape index (κ2) is 6.14. The predicted octanol–water partition coefficient (Wildman–Crippen LogP) is 0.960. The van der Waals surface area contributed by atoms with Crippen molar-refractivity contribution in [1.82, 2.24) is 10.6 Å². The lowest BCUT2D eigenvalue weighted by Crippen LogP contribution is -2.44. The van der Waals surface area contributed by atoms with Gasteiger partial charge in [-0.05, 0) is 40.3 Å². The van der Waals surface area contributed by atoms with Crippen molar-refractivity contribution in [2.75, 3.05) is 0 Å². The fourth-order valence-electron chi connectivity index (χ4n) is 1.94. The van der Waals surface area contributed by atoms with E-state index < -0.39 is 5.92 Å². The molecule has 0 spiro atoms. The minimum atomic E-state index is -0.552. The van der Waals surface area contributed by atoms with Crippen molar-refractivity contribution < 1.29 is 14.4 Å². The molecule has 1 saturated heterocycles. The van der Waals surface area contributed by atoms with Crippen LogP contribution < -0.4 is 10.6 Å². The quantitative estimate of drug-likeness (QED) is 0.613. The number of imide groups is 1. The Bertz CT molecular complexity index is 514. The molecule has 0 bridgehead atoms. The van der Waals surface area contributed by atoms with Gasteiger partial charge >= 0.3 is 0 Å². The highest BCUT2D eigenvalue weighted by molar-refractivity contribution is 14.1. The molecular formula is C13H13IN2O3. The van der Waals surface area contributed by atoms with Crippen molar-refractivity contribution in [3.63, 3.8) is 0 Å². The summed E-state index contributed by atoms with van der Waals surface area (Å²) in [4.78, 5) is 34.3. The largest absolute Gasteiger partial charge is 0.352 e. The minimum absolute atomic E-state index is 0.0733. The van der Waals surface area contributed by atoms with E-state index in [1.165, 1.54) is 0 Å². The molecule has 2 N–H and O–H groups in total. The highest BCUT2D eigenvalue weighted by Gasteiger charge is 2.29. The van der Waals surface area contributed by atoms with Gasteiger partial charge in [0.05, 0.1) is 5.92 Å². The van der Waals surface area contributed by atoms with Gasteiger partial charge in [0.25, 0.3) is 0 Å². The van der Waals surface area contributed by atoms with E-state index in [9.17, 15) is 14.4 Å². The van der Waals surface area contributed by atoms with Gasteiger partial charge in [-0.2, -0.15) is 0 Å². The summed E-state index contributed by atoms with van der Waals surface area (Å²) in [6, 6.07) is 7.78. The number of benzene rings is 1.